The Morgan fingerprint density at radius 3 is 2.82 bits per heavy atom. The summed E-state index contributed by atoms with van der Waals surface area (Å²) in [5.41, 5.74) is 1.24. The first-order chi connectivity index (χ1) is 16.2. The van der Waals surface area contributed by atoms with Crippen LogP contribution in [0.3, 0.4) is 0 Å². The average Bonchev–Trinajstić information content (AvgIpc) is 3.42. The number of carbonyl (C=O) groups is 1. The van der Waals surface area contributed by atoms with Gasteiger partial charge in [0.1, 0.15) is 24.6 Å². The van der Waals surface area contributed by atoms with Gasteiger partial charge in [0.2, 0.25) is 0 Å². The third kappa shape index (κ3) is 4.33. The number of ether oxygens (including phenoxy) is 3. The predicted molar refractivity (Wildman–Crippen MR) is 115 cm³/mol. The summed E-state index contributed by atoms with van der Waals surface area (Å²) >= 11 is 0. The van der Waals surface area contributed by atoms with Crippen molar-refractivity contribution < 1.29 is 29.2 Å². The first-order valence-electron chi connectivity index (χ1n) is 10.9. The topological polar surface area (TPSA) is 141 Å². The van der Waals surface area contributed by atoms with Gasteiger partial charge in [-0.15, -0.1) is 0 Å². The third-order valence-corrected chi connectivity index (χ3v) is 5.84. The highest BCUT2D eigenvalue weighted by molar-refractivity contribution is 6.06. The maximum atomic E-state index is 12.6. The van der Waals surface area contributed by atoms with E-state index in [2.05, 4.69) is 20.3 Å². The molecule has 174 valence electrons. The molecule has 11 nitrogen and oxygen atoms in total. The molecule has 5 rings (SSSR count). The predicted octanol–water partition coefficient (Wildman–Crippen LogP) is 1.24. The largest absolute Gasteiger partial charge is 0.394 e. The summed E-state index contributed by atoms with van der Waals surface area (Å²) in [7, 11) is 0. The summed E-state index contributed by atoms with van der Waals surface area (Å²) in [6, 6.07) is 8.77. The van der Waals surface area contributed by atoms with Gasteiger partial charge in [0.25, 0.3) is 5.91 Å². The van der Waals surface area contributed by atoms with Crippen LogP contribution in [0.4, 0.5) is 5.82 Å². The Morgan fingerprint density at radius 1 is 1.21 bits per heavy atom. The van der Waals surface area contributed by atoms with E-state index in [-0.39, 0.29) is 18.3 Å². The zero-order chi connectivity index (χ0) is 22.8. The molecule has 2 saturated heterocycles. The van der Waals surface area contributed by atoms with Gasteiger partial charge < -0.3 is 29.7 Å². The van der Waals surface area contributed by atoms with Gasteiger partial charge in [-0.1, -0.05) is 18.2 Å². The van der Waals surface area contributed by atoms with Gasteiger partial charge in [-0.25, -0.2) is 15.0 Å². The summed E-state index contributed by atoms with van der Waals surface area (Å²) in [4.78, 5) is 25.5. The van der Waals surface area contributed by atoms with Crippen LogP contribution in [-0.2, 0) is 14.2 Å². The van der Waals surface area contributed by atoms with Crippen molar-refractivity contribution in [2.24, 2.45) is 0 Å². The number of aliphatic hydroxyl groups excluding tert-OH is 2. The number of amides is 1. The zero-order valence-electron chi connectivity index (χ0n) is 17.8. The molecule has 2 aromatic heterocycles. The molecule has 2 aliphatic heterocycles. The van der Waals surface area contributed by atoms with Gasteiger partial charge >= 0.3 is 0 Å². The molecule has 0 unspecified atom stereocenters. The highest BCUT2D eigenvalue weighted by Crippen LogP contribution is 2.35. The summed E-state index contributed by atoms with van der Waals surface area (Å²) in [5, 5.41) is 23.2. The van der Waals surface area contributed by atoms with Crippen molar-refractivity contribution >= 4 is 22.9 Å². The van der Waals surface area contributed by atoms with Crippen LogP contribution in [-0.4, -0.2) is 73.5 Å². The lowest BCUT2D eigenvalue weighted by Gasteiger charge is -2.29. The first-order valence-corrected chi connectivity index (χ1v) is 10.9. The van der Waals surface area contributed by atoms with Crippen LogP contribution >= 0.6 is 0 Å². The summed E-state index contributed by atoms with van der Waals surface area (Å²) < 4.78 is 19.3. The van der Waals surface area contributed by atoms with E-state index in [1.807, 2.05) is 6.07 Å². The highest BCUT2D eigenvalue weighted by atomic mass is 16.7. The summed E-state index contributed by atoms with van der Waals surface area (Å²) in [5.74, 6) is -0.0772. The number of nitrogens with one attached hydrogen (secondary N) is 1. The lowest BCUT2D eigenvalue weighted by molar-refractivity contribution is -0.215. The molecule has 3 N–H and O–H groups in total. The molecule has 2 fully saturated rings. The van der Waals surface area contributed by atoms with Gasteiger partial charge in [0, 0.05) is 12.2 Å². The van der Waals surface area contributed by atoms with Gasteiger partial charge in [-0.3, -0.25) is 9.36 Å². The van der Waals surface area contributed by atoms with Crippen LogP contribution in [0.2, 0.25) is 0 Å². The number of hydrogen-bond donors (Lipinski definition) is 3. The van der Waals surface area contributed by atoms with Crippen LogP contribution in [0.15, 0.2) is 43.0 Å². The van der Waals surface area contributed by atoms with Crippen molar-refractivity contribution in [1.29, 1.82) is 0 Å². The monoisotopic (exact) mass is 455 g/mol. The van der Waals surface area contributed by atoms with E-state index in [1.54, 1.807) is 28.8 Å². The fourth-order valence-electron chi connectivity index (χ4n) is 4.13. The van der Waals surface area contributed by atoms with Crippen molar-refractivity contribution in [2.75, 3.05) is 18.5 Å². The van der Waals surface area contributed by atoms with E-state index in [4.69, 9.17) is 14.2 Å². The van der Waals surface area contributed by atoms with Crippen LogP contribution < -0.4 is 5.32 Å². The molecule has 11 heteroatoms. The summed E-state index contributed by atoms with van der Waals surface area (Å²) in [6.45, 7) is 0.219. The normalized spacial score (nSPS) is 27.6. The standard InChI is InChI=1S/C22H25N5O6/c28-10-14-17(29)18(33-15-8-4-5-9-31-15)22(32-14)27-12-25-16-19(23-11-24-20(16)27)26-21(30)13-6-2-1-3-7-13/h1-3,6-7,11-12,14-15,17-18,22,28-29H,4-5,8-10H2,(H,23,24,26,30)/t14-,15+,17-,18-,22-/m1/s1. The SMILES string of the molecule is O=C(Nc1ncnc2c1ncn2[C@@H]1O[C@H](CO)[C@@H](O)[C@H]1O[C@H]1CCCCO1)c1ccccc1. The second-order valence-electron chi connectivity index (χ2n) is 8.00. The molecule has 33 heavy (non-hydrogen) atoms. The minimum absolute atomic E-state index is 0.248. The van der Waals surface area contributed by atoms with Crippen molar-refractivity contribution in [3.05, 3.63) is 48.5 Å². The molecule has 0 aliphatic carbocycles. The van der Waals surface area contributed by atoms with E-state index in [9.17, 15) is 15.0 Å². The fourth-order valence-corrected chi connectivity index (χ4v) is 4.13. The van der Waals surface area contributed by atoms with Crippen LogP contribution in [0.25, 0.3) is 11.2 Å². The van der Waals surface area contributed by atoms with Gasteiger partial charge in [0.05, 0.1) is 12.9 Å². The Bertz CT molecular complexity index is 1100. The van der Waals surface area contributed by atoms with E-state index < -0.39 is 30.8 Å². The third-order valence-electron chi connectivity index (χ3n) is 5.84. The van der Waals surface area contributed by atoms with E-state index in [0.29, 0.717) is 29.8 Å². The fraction of sp³-hybridized carbons (Fsp3) is 0.455. The smallest absolute Gasteiger partial charge is 0.256 e. The Labute approximate surface area is 189 Å². The number of aliphatic hydroxyl groups is 2. The number of carbonyl (C=O) groups excluding carboxylic acids is 1. The number of benzene rings is 1. The number of fused-ring (bicyclic) bond motifs is 1. The molecular weight excluding hydrogens is 430 g/mol. The molecule has 1 aromatic carbocycles. The van der Waals surface area contributed by atoms with Crippen molar-refractivity contribution in [2.45, 2.75) is 50.1 Å². The lowest BCUT2D eigenvalue weighted by Crippen LogP contribution is -2.39. The van der Waals surface area contributed by atoms with Crippen molar-refractivity contribution in [3.8, 4) is 0 Å². The molecule has 5 atom stereocenters. The minimum Gasteiger partial charge on any atom is -0.394 e. The molecule has 2 aliphatic rings. The van der Waals surface area contributed by atoms with E-state index in [0.717, 1.165) is 12.8 Å². The number of imidazole rings is 1. The van der Waals surface area contributed by atoms with Crippen molar-refractivity contribution in [1.82, 2.24) is 19.5 Å². The minimum atomic E-state index is -1.07. The molecule has 0 saturated carbocycles. The van der Waals surface area contributed by atoms with Crippen LogP contribution in [0, 0.1) is 0 Å². The highest BCUT2D eigenvalue weighted by Gasteiger charge is 2.47. The molecule has 0 bridgehead atoms. The molecular formula is C22H25N5O6. The Kier molecular flexibility index (Phi) is 6.29. The number of anilines is 1. The van der Waals surface area contributed by atoms with Gasteiger partial charge in [-0.2, -0.15) is 0 Å². The summed E-state index contributed by atoms with van der Waals surface area (Å²) in [6.07, 6.45) is 1.47. The molecule has 0 radical (unpaired) electrons. The number of hydrogen-bond acceptors (Lipinski definition) is 9. The Balaban J connectivity index is 1.43. The van der Waals surface area contributed by atoms with E-state index in [1.165, 1.54) is 12.7 Å². The zero-order valence-corrected chi connectivity index (χ0v) is 17.8. The second-order valence-corrected chi connectivity index (χ2v) is 8.00. The molecule has 1 amide bonds. The maximum absolute atomic E-state index is 12.6. The maximum Gasteiger partial charge on any atom is 0.256 e. The lowest BCUT2D eigenvalue weighted by atomic mass is 10.1. The van der Waals surface area contributed by atoms with Crippen LogP contribution in [0.5, 0.6) is 0 Å². The number of nitrogens with zero attached hydrogens (tertiary/aromatic N) is 4. The first kappa shape index (κ1) is 21.9. The Morgan fingerprint density at radius 2 is 2.06 bits per heavy atom. The second kappa shape index (κ2) is 9.49. The Hall–Kier alpha value is -2.96. The average molecular weight is 455 g/mol. The number of aromatic nitrogens is 4. The quantitative estimate of drug-likeness (QED) is 0.501. The molecule has 3 aromatic rings. The molecule has 0 spiro atoms. The number of rotatable bonds is 6. The molecule has 4 heterocycles. The van der Waals surface area contributed by atoms with Gasteiger partial charge in [0.15, 0.2) is 29.5 Å². The van der Waals surface area contributed by atoms with E-state index >= 15 is 0 Å². The van der Waals surface area contributed by atoms with Gasteiger partial charge in [-0.05, 0) is 31.4 Å². The van der Waals surface area contributed by atoms with Crippen LogP contribution in [0.1, 0.15) is 35.8 Å². The van der Waals surface area contributed by atoms with Crippen molar-refractivity contribution in [3.63, 3.8) is 0 Å².